The number of rotatable bonds is 7. The molecule has 26 heavy (non-hydrogen) atoms. The van der Waals surface area contributed by atoms with Gasteiger partial charge in [0.2, 0.25) is 5.91 Å². The van der Waals surface area contributed by atoms with Gasteiger partial charge in [-0.1, -0.05) is 30.3 Å². The maximum atomic E-state index is 12.8. The van der Waals surface area contributed by atoms with E-state index in [9.17, 15) is 9.59 Å². The van der Waals surface area contributed by atoms with Gasteiger partial charge in [-0.25, -0.2) is 4.98 Å². The van der Waals surface area contributed by atoms with Gasteiger partial charge in [-0.05, 0) is 24.8 Å². The summed E-state index contributed by atoms with van der Waals surface area (Å²) in [5.74, 6) is -0.0533. The van der Waals surface area contributed by atoms with Crippen LogP contribution in [0.3, 0.4) is 0 Å². The Kier molecular flexibility index (Phi) is 6.30. The Morgan fingerprint density at radius 1 is 1.04 bits per heavy atom. The molecule has 136 valence electrons. The third kappa shape index (κ3) is 4.88. The van der Waals surface area contributed by atoms with E-state index in [-0.39, 0.29) is 11.8 Å². The van der Waals surface area contributed by atoms with Gasteiger partial charge < -0.3 is 9.80 Å². The number of aromatic nitrogens is 2. The highest BCUT2D eigenvalue weighted by atomic mass is 16.2. The van der Waals surface area contributed by atoms with Gasteiger partial charge in [0.25, 0.3) is 5.91 Å². The van der Waals surface area contributed by atoms with Crippen molar-refractivity contribution in [1.82, 2.24) is 19.8 Å². The van der Waals surface area contributed by atoms with Crippen LogP contribution in [0.1, 0.15) is 35.3 Å². The summed E-state index contributed by atoms with van der Waals surface area (Å²) in [6.45, 7) is 2.62. The maximum Gasteiger partial charge on any atom is 0.274 e. The quantitative estimate of drug-likeness (QED) is 0.766. The Labute approximate surface area is 153 Å². The Morgan fingerprint density at radius 3 is 2.50 bits per heavy atom. The zero-order valence-electron chi connectivity index (χ0n) is 14.9. The van der Waals surface area contributed by atoms with Crippen LogP contribution in [0.15, 0.2) is 48.9 Å². The van der Waals surface area contributed by atoms with Crippen molar-refractivity contribution >= 4 is 11.8 Å². The van der Waals surface area contributed by atoms with Gasteiger partial charge in [-0.2, -0.15) is 0 Å². The van der Waals surface area contributed by atoms with E-state index < -0.39 is 0 Å². The van der Waals surface area contributed by atoms with Crippen LogP contribution in [0.5, 0.6) is 0 Å². The molecule has 0 atom stereocenters. The summed E-state index contributed by atoms with van der Waals surface area (Å²) in [5, 5.41) is 0. The molecule has 0 bridgehead atoms. The van der Waals surface area contributed by atoms with E-state index in [0.29, 0.717) is 25.2 Å². The zero-order valence-corrected chi connectivity index (χ0v) is 14.9. The number of carbonyl (C=O) groups excluding carboxylic acids is 2. The van der Waals surface area contributed by atoms with Gasteiger partial charge in [-0.15, -0.1) is 0 Å². The first-order valence-corrected chi connectivity index (χ1v) is 9.11. The summed E-state index contributed by atoms with van der Waals surface area (Å²) in [4.78, 5) is 36.8. The molecule has 3 rings (SSSR count). The highest BCUT2D eigenvalue weighted by Gasteiger charge is 2.21. The summed E-state index contributed by atoms with van der Waals surface area (Å²) < 4.78 is 0. The number of nitrogens with zero attached hydrogens (tertiary/aromatic N) is 4. The van der Waals surface area contributed by atoms with Gasteiger partial charge >= 0.3 is 0 Å². The predicted octanol–water partition coefficient (Wildman–Crippen LogP) is 2.17. The first-order chi connectivity index (χ1) is 12.7. The van der Waals surface area contributed by atoms with Crippen molar-refractivity contribution in [2.75, 3.05) is 26.2 Å². The van der Waals surface area contributed by atoms with Crippen LogP contribution in [-0.2, 0) is 11.2 Å². The Balaban J connectivity index is 1.64. The standard InChI is InChI=1S/C20H24N4O2/c25-19(23-12-4-5-13-23)9-15-24(14-8-17-6-2-1-3-7-17)20(26)18-16-21-10-11-22-18/h1-3,6-7,10-11,16H,4-5,8-9,12-15H2. The number of likely N-dealkylation sites (tertiary alicyclic amines) is 1. The lowest BCUT2D eigenvalue weighted by Crippen LogP contribution is -2.37. The van der Waals surface area contributed by atoms with Gasteiger partial charge in [0, 0.05) is 45.0 Å². The average molecular weight is 352 g/mol. The normalized spacial score (nSPS) is 13.6. The lowest BCUT2D eigenvalue weighted by molar-refractivity contribution is -0.130. The molecule has 1 aliphatic heterocycles. The molecule has 0 unspecified atom stereocenters. The number of amides is 2. The maximum absolute atomic E-state index is 12.8. The predicted molar refractivity (Wildman–Crippen MR) is 98.5 cm³/mol. The van der Waals surface area contributed by atoms with Gasteiger partial charge in [-0.3, -0.25) is 14.6 Å². The lowest BCUT2D eigenvalue weighted by atomic mass is 10.1. The second-order valence-corrected chi connectivity index (χ2v) is 6.46. The monoisotopic (exact) mass is 352 g/mol. The largest absolute Gasteiger partial charge is 0.343 e. The van der Waals surface area contributed by atoms with Gasteiger partial charge in [0.15, 0.2) is 0 Å². The Bertz CT molecular complexity index is 715. The third-order valence-corrected chi connectivity index (χ3v) is 4.64. The molecule has 1 aromatic heterocycles. The molecule has 1 aromatic carbocycles. The van der Waals surface area contributed by atoms with Crippen molar-refractivity contribution in [3.8, 4) is 0 Å². The molecule has 0 spiro atoms. The van der Waals surface area contributed by atoms with E-state index in [0.717, 1.165) is 37.9 Å². The van der Waals surface area contributed by atoms with Crippen LogP contribution in [0, 0.1) is 0 Å². The molecule has 1 saturated heterocycles. The van der Waals surface area contributed by atoms with Gasteiger partial charge in [0.05, 0.1) is 6.20 Å². The minimum Gasteiger partial charge on any atom is -0.343 e. The molecule has 6 nitrogen and oxygen atoms in total. The highest BCUT2D eigenvalue weighted by Crippen LogP contribution is 2.11. The Hall–Kier alpha value is -2.76. The molecule has 1 fully saturated rings. The summed E-state index contributed by atoms with van der Waals surface area (Å²) in [6.07, 6.45) is 7.76. The third-order valence-electron chi connectivity index (χ3n) is 4.64. The summed E-state index contributed by atoms with van der Waals surface area (Å²) in [5.41, 5.74) is 1.48. The van der Waals surface area contributed by atoms with E-state index in [1.807, 2.05) is 35.2 Å². The zero-order chi connectivity index (χ0) is 18.2. The first-order valence-electron chi connectivity index (χ1n) is 9.11. The van der Waals surface area contributed by atoms with Crippen molar-refractivity contribution in [2.45, 2.75) is 25.7 Å². The molecule has 0 saturated carbocycles. The van der Waals surface area contributed by atoms with Crippen LogP contribution in [-0.4, -0.2) is 57.8 Å². The Morgan fingerprint density at radius 2 is 1.81 bits per heavy atom. The second kappa shape index (κ2) is 9.08. The number of carbonyl (C=O) groups is 2. The van der Waals surface area contributed by atoms with Crippen LogP contribution in [0.4, 0.5) is 0 Å². The molecule has 0 radical (unpaired) electrons. The molecular formula is C20H24N4O2. The van der Waals surface area contributed by atoms with Crippen molar-refractivity contribution in [1.29, 1.82) is 0 Å². The van der Waals surface area contributed by atoms with E-state index in [1.165, 1.54) is 12.4 Å². The summed E-state index contributed by atoms with van der Waals surface area (Å²) in [7, 11) is 0. The fourth-order valence-corrected chi connectivity index (χ4v) is 3.15. The fraction of sp³-hybridized carbons (Fsp3) is 0.400. The topological polar surface area (TPSA) is 66.4 Å². The fourth-order valence-electron chi connectivity index (χ4n) is 3.15. The molecule has 2 aromatic rings. The lowest BCUT2D eigenvalue weighted by Gasteiger charge is -2.23. The highest BCUT2D eigenvalue weighted by molar-refractivity contribution is 5.92. The minimum absolute atomic E-state index is 0.124. The van der Waals surface area contributed by atoms with Crippen molar-refractivity contribution in [3.05, 3.63) is 60.2 Å². The number of benzene rings is 1. The molecule has 2 amide bonds. The molecular weight excluding hydrogens is 328 g/mol. The molecule has 6 heteroatoms. The molecule has 0 aliphatic carbocycles. The van der Waals surface area contributed by atoms with Crippen molar-refractivity contribution in [2.24, 2.45) is 0 Å². The van der Waals surface area contributed by atoms with Crippen molar-refractivity contribution in [3.63, 3.8) is 0 Å². The van der Waals surface area contributed by atoms with Crippen LogP contribution < -0.4 is 0 Å². The minimum atomic E-state index is -0.178. The number of hydrogen-bond donors (Lipinski definition) is 0. The smallest absolute Gasteiger partial charge is 0.274 e. The van der Waals surface area contributed by atoms with E-state index in [2.05, 4.69) is 9.97 Å². The van der Waals surface area contributed by atoms with Crippen LogP contribution >= 0.6 is 0 Å². The van der Waals surface area contributed by atoms with Crippen LogP contribution in [0.2, 0.25) is 0 Å². The SMILES string of the molecule is O=C(CCN(CCc1ccccc1)C(=O)c1cnccn1)N1CCCC1. The van der Waals surface area contributed by atoms with Crippen LogP contribution in [0.25, 0.3) is 0 Å². The molecule has 2 heterocycles. The first kappa shape index (κ1) is 18.0. The van der Waals surface area contributed by atoms with E-state index >= 15 is 0 Å². The molecule has 0 N–H and O–H groups in total. The average Bonchev–Trinajstić information content (AvgIpc) is 3.24. The molecule has 1 aliphatic rings. The summed E-state index contributed by atoms with van der Waals surface area (Å²) in [6, 6.07) is 10.0. The van der Waals surface area contributed by atoms with E-state index in [1.54, 1.807) is 11.1 Å². The van der Waals surface area contributed by atoms with E-state index in [4.69, 9.17) is 0 Å². The van der Waals surface area contributed by atoms with Crippen molar-refractivity contribution < 1.29 is 9.59 Å². The summed E-state index contributed by atoms with van der Waals surface area (Å²) >= 11 is 0. The number of hydrogen-bond acceptors (Lipinski definition) is 4. The second-order valence-electron chi connectivity index (χ2n) is 6.46. The van der Waals surface area contributed by atoms with Gasteiger partial charge in [0.1, 0.15) is 5.69 Å².